The molecule has 1 aromatic carbocycles. The highest BCUT2D eigenvalue weighted by atomic mass is 16.5. The maximum absolute atomic E-state index is 11.7. The van der Waals surface area contributed by atoms with E-state index >= 15 is 0 Å². The van der Waals surface area contributed by atoms with Crippen molar-refractivity contribution >= 4 is 5.97 Å². The summed E-state index contributed by atoms with van der Waals surface area (Å²) in [5.74, 6) is 0.814. The number of ether oxygens (including phenoxy) is 2. The van der Waals surface area contributed by atoms with Gasteiger partial charge in [0, 0.05) is 12.5 Å². The molecule has 4 nitrogen and oxygen atoms in total. The highest BCUT2D eigenvalue weighted by Gasteiger charge is 2.26. The minimum absolute atomic E-state index is 0.0830. The van der Waals surface area contributed by atoms with Crippen molar-refractivity contribution in [3.63, 3.8) is 0 Å². The lowest BCUT2D eigenvalue weighted by Crippen LogP contribution is -2.25. The van der Waals surface area contributed by atoms with Crippen LogP contribution in [0.2, 0.25) is 0 Å². The molecule has 1 atom stereocenters. The lowest BCUT2D eigenvalue weighted by molar-refractivity contribution is -0.145. The molecule has 116 valence electrons. The molecule has 2 rings (SSSR count). The topological polar surface area (TPSA) is 61.5 Å². The molecule has 0 aliphatic carbocycles. The first-order valence-electron chi connectivity index (χ1n) is 7.58. The first-order valence-corrected chi connectivity index (χ1v) is 7.58. The van der Waals surface area contributed by atoms with Crippen LogP contribution in [0.1, 0.15) is 50.8 Å². The Morgan fingerprint density at radius 3 is 2.95 bits per heavy atom. The molecule has 21 heavy (non-hydrogen) atoms. The lowest BCUT2D eigenvalue weighted by Gasteiger charge is -2.27. The minimum Gasteiger partial charge on any atom is -0.493 e. The van der Waals surface area contributed by atoms with E-state index in [4.69, 9.17) is 15.2 Å². The van der Waals surface area contributed by atoms with Crippen LogP contribution in [0.25, 0.3) is 0 Å². The SMILES string of the molecule is CCOC(=O)CC(C)(C)CC(N)c1ccc2c(c1)CCO2. The van der Waals surface area contributed by atoms with Crippen molar-refractivity contribution < 1.29 is 14.3 Å². The van der Waals surface area contributed by atoms with Gasteiger partial charge in [0.1, 0.15) is 5.75 Å². The lowest BCUT2D eigenvalue weighted by atomic mass is 9.81. The second-order valence-corrected chi connectivity index (χ2v) is 6.42. The highest BCUT2D eigenvalue weighted by molar-refractivity contribution is 5.70. The second kappa shape index (κ2) is 6.48. The van der Waals surface area contributed by atoms with Crippen LogP contribution in [-0.2, 0) is 16.0 Å². The van der Waals surface area contributed by atoms with E-state index in [1.807, 2.05) is 19.1 Å². The molecule has 4 heteroatoms. The van der Waals surface area contributed by atoms with Crippen molar-refractivity contribution in [2.75, 3.05) is 13.2 Å². The maximum Gasteiger partial charge on any atom is 0.306 e. The summed E-state index contributed by atoms with van der Waals surface area (Å²) >= 11 is 0. The molecule has 1 heterocycles. The van der Waals surface area contributed by atoms with Crippen LogP contribution < -0.4 is 10.5 Å². The summed E-state index contributed by atoms with van der Waals surface area (Å²) in [4.78, 5) is 11.7. The molecular formula is C17H25NO3. The molecule has 0 bridgehead atoms. The normalized spacial score (nSPS) is 15.2. The Morgan fingerprint density at radius 1 is 1.48 bits per heavy atom. The van der Waals surface area contributed by atoms with Crippen molar-refractivity contribution in [3.8, 4) is 5.75 Å². The van der Waals surface area contributed by atoms with Crippen molar-refractivity contribution in [1.29, 1.82) is 0 Å². The van der Waals surface area contributed by atoms with Gasteiger partial charge in [0.25, 0.3) is 0 Å². The summed E-state index contributed by atoms with van der Waals surface area (Å²) in [7, 11) is 0. The summed E-state index contributed by atoms with van der Waals surface area (Å²) in [6.45, 7) is 7.11. The number of rotatable bonds is 6. The van der Waals surface area contributed by atoms with Gasteiger partial charge in [0.05, 0.1) is 19.6 Å². The van der Waals surface area contributed by atoms with Crippen molar-refractivity contribution in [2.45, 2.75) is 46.1 Å². The van der Waals surface area contributed by atoms with Gasteiger partial charge in [-0.1, -0.05) is 26.0 Å². The van der Waals surface area contributed by atoms with Gasteiger partial charge < -0.3 is 15.2 Å². The van der Waals surface area contributed by atoms with Gasteiger partial charge in [-0.25, -0.2) is 0 Å². The first kappa shape index (κ1) is 15.8. The van der Waals surface area contributed by atoms with Gasteiger partial charge in [-0.15, -0.1) is 0 Å². The third-order valence-electron chi connectivity index (χ3n) is 3.84. The molecule has 1 aliphatic heterocycles. The average Bonchev–Trinajstić information content (AvgIpc) is 2.84. The zero-order chi connectivity index (χ0) is 15.5. The van der Waals surface area contributed by atoms with Crippen molar-refractivity contribution in [3.05, 3.63) is 29.3 Å². The van der Waals surface area contributed by atoms with Gasteiger partial charge >= 0.3 is 5.97 Å². The monoisotopic (exact) mass is 291 g/mol. The predicted octanol–water partition coefficient (Wildman–Crippen LogP) is 2.99. The van der Waals surface area contributed by atoms with E-state index in [2.05, 4.69) is 19.9 Å². The van der Waals surface area contributed by atoms with Gasteiger partial charge in [-0.2, -0.15) is 0 Å². The van der Waals surface area contributed by atoms with Crippen LogP contribution in [0, 0.1) is 5.41 Å². The van der Waals surface area contributed by atoms with E-state index in [9.17, 15) is 4.79 Å². The van der Waals surface area contributed by atoms with E-state index in [1.54, 1.807) is 0 Å². The molecule has 1 unspecified atom stereocenters. The second-order valence-electron chi connectivity index (χ2n) is 6.42. The molecule has 0 saturated heterocycles. The van der Waals surface area contributed by atoms with E-state index in [1.165, 1.54) is 5.56 Å². The number of benzene rings is 1. The average molecular weight is 291 g/mol. The van der Waals surface area contributed by atoms with E-state index in [0.717, 1.165) is 30.8 Å². The zero-order valence-electron chi connectivity index (χ0n) is 13.1. The fourth-order valence-corrected chi connectivity index (χ4v) is 2.83. The smallest absolute Gasteiger partial charge is 0.306 e. The number of esters is 1. The van der Waals surface area contributed by atoms with Crippen LogP contribution in [0.5, 0.6) is 5.75 Å². The Kier molecular flexibility index (Phi) is 4.88. The number of carbonyl (C=O) groups is 1. The van der Waals surface area contributed by atoms with E-state index < -0.39 is 0 Å². The number of fused-ring (bicyclic) bond motifs is 1. The standard InChI is InChI=1S/C17H25NO3/c1-4-20-16(19)11-17(2,3)10-14(18)12-5-6-15-13(9-12)7-8-21-15/h5-6,9,14H,4,7-8,10-11,18H2,1-3H3. The van der Waals surface area contributed by atoms with Crippen LogP contribution in [-0.4, -0.2) is 19.2 Å². The number of hydrogen-bond donors (Lipinski definition) is 1. The summed E-state index contributed by atoms with van der Waals surface area (Å²) in [6.07, 6.45) is 2.08. The van der Waals surface area contributed by atoms with E-state index in [-0.39, 0.29) is 17.4 Å². The Balaban J connectivity index is 1.99. The number of hydrogen-bond acceptors (Lipinski definition) is 4. The summed E-state index contributed by atoms with van der Waals surface area (Å²) in [5, 5.41) is 0. The largest absolute Gasteiger partial charge is 0.493 e. The zero-order valence-corrected chi connectivity index (χ0v) is 13.1. The molecule has 2 N–H and O–H groups in total. The Bertz CT molecular complexity index is 511. The Hall–Kier alpha value is -1.55. The summed E-state index contributed by atoms with van der Waals surface area (Å²) in [5.41, 5.74) is 8.49. The fourth-order valence-electron chi connectivity index (χ4n) is 2.83. The molecular weight excluding hydrogens is 266 g/mol. The van der Waals surface area contributed by atoms with Gasteiger partial charge in [0.15, 0.2) is 0 Å². The van der Waals surface area contributed by atoms with E-state index in [0.29, 0.717) is 13.0 Å². The molecule has 0 amide bonds. The van der Waals surface area contributed by atoms with Crippen LogP contribution in [0.4, 0.5) is 0 Å². The Labute approximate surface area is 126 Å². The molecule has 0 saturated carbocycles. The van der Waals surface area contributed by atoms with Crippen LogP contribution >= 0.6 is 0 Å². The predicted molar refractivity (Wildman–Crippen MR) is 82.2 cm³/mol. The van der Waals surface area contributed by atoms with Crippen LogP contribution in [0.3, 0.4) is 0 Å². The third kappa shape index (κ3) is 4.21. The van der Waals surface area contributed by atoms with Crippen molar-refractivity contribution in [1.82, 2.24) is 0 Å². The summed E-state index contributed by atoms with van der Waals surface area (Å²) in [6, 6.07) is 6.07. The van der Waals surface area contributed by atoms with Gasteiger partial charge in [-0.05, 0) is 36.0 Å². The maximum atomic E-state index is 11.7. The number of nitrogens with two attached hydrogens (primary N) is 1. The van der Waals surface area contributed by atoms with Crippen LogP contribution in [0.15, 0.2) is 18.2 Å². The molecule has 1 aromatic rings. The molecule has 0 spiro atoms. The summed E-state index contributed by atoms with van der Waals surface area (Å²) < 4.78 is 10.5. The number of carbonyl (C=O) groups excluding carboxylic acids is 1. The molecule has 1 aliphatic rings. The van der Waals surface area contributed by atoms with Crippen molar-refractivity contribution in [2.24, 2.45) is 11.1 Å². The van der Waals surface area contributed by atoms with Gasteiger partial charge in [0.2, 0.25) is 0 Å². The minimum atomic E-state index is -0.179. The third-order valence-corrected chi connectivity index (χ3v) is 3.84. The highest BCUT2D eigenvalue weighted by Crippen LogP contribution is 2.34. The molecule has 0 aromatic heterocycles. The molecule has 0 radical (unpaired) electrons. The quantitative estimate of drug-likeness (QED) is 0.818. The fraction of sp³-hybridized carbons (Fsp3) is 0.588. The Morgan fingerprint density at radius 2 is 2.24 bits per heavy atom. The van der Waals surface area contributed by atoms with Gasteiger partial charge in [-0.3, -0.25) is 4.79 Å². The first-order chi connectivity index (χ1) is 9.91. The molecule has 0 fully saturated rings.